The van der Waals surface area contributed by atoms with Gasteiger partial charge in [-0.2, -0.15) is 5.26 Å². The summed E-state index contributed by atoms with van der Waals surface area (Å²) in [5, 5.41) is 15.6. The summed E-state index contributed by atoms with van der Waals surface area (Å²) < 4.78 is 42.4. The number of aromatic nitrogens is 3. The molecule has 34 heavy (non-hydrogen) atoms. The monoisotopic (exact) mass is 476 g/mol. The van der Waals surface area contributed by atoms with E-state index in [-0.39, 0.29) is 22.7 Å². The van der Waals surface area contributed by atoms with Gasteiger partial charge in [-0.05, 0) is 55.0 Å². The number of nitrogens with zero attached hydrogens (tertiary/aromatic N) is 4. The van der Waals surface area contributed by atoms with Crippen LogP contribution < -0.4 is 10.6 Å². The van der Waals surface area contributed by atoms with Crippen molar-refractivity contribution in [3.8, 4) is 17.3 Å². The van der Waals surface area contributed by atoms with E-state index >= 15 is 0 Å². The zero-order valence-corrected chi connectivity index (χ0v) is 19.1. The highest BCUT2D eigenvalue weighted by Crippen LogP contribution is 2.29. The van der Waals surface area contributed by atoms with Crippen molar-refractivity contribution in [3.63, 3.8) is 0 Å². The first-order valence-corrected chi connectivity index (χ1v) is 11.9. The molecule has 4 aromatic rings. The van der Waals surface area contributed by atoms with Gasteiger partial charge in [0.2, 0.25) is 0 Å². The quantitative estimate of drug-likeness (QED) is 0.391. The Hall–Kier alpha value is -4.23. The molecule has 0 amide bonds. The van der Waals surface area contributed by atoms with Gasteiger partial charge >= 0.3 is 0 Å². The number of rotatable bonds is 8. The molecule has 10 heteroatoms. The van der Waals surface area contributed by atoms with Crippen LogP contribution in [0.15, 0.2) is 78.1 Å². The summed E-state index contributed by atoms with van der Waals surface area (Å²) in [6.45, 7) is 2.76. The first kappa shape index (κ1) is 22.9. The minimum atomic E-state index is -4.04. The van der Waals surface area contributed by atoms with Crippen LogP contribution in [0, 0.1) is 17.1 Å². The number of hydrogen-bond donors (Lipinski definition) is 2. The molecule has 1 aromatic carbocycles. The summed E-state index contributed by atoms with van der Waals surface area (Å²) in [4.78, 5) is 8.29. The Kier molecular flexibility index (Phi) is 6.56. The van der Waals surface area contributed by atoms with E-state index in [1.807, 2.05) is 6.92 Å². The molecule has 2 N–H and O–H groups in total. The van der Waals surface area contributed by atoms with E-state index in [2.05, 4.69) is 26.7 Å². The molecule has 0 saturated heterocycles. The topological polar surface area (TPSA) is 113 Å². The summed E-state index contributed by atoms with van der Waals surface area (Å²) in [6.07, 6.45) is 4.15. The van der Waals surface area contributed by atoms with Crippen molar-refractivity contribution in [2.45, 2.75) is 18.4 Å². The number of pyridine rings is 2. The van der Waals surface area contributed by atoms with Gasteiger partial charge in [-0.25, -0.2) is 21.8 Å². The van der Waals surface area contributed by atoms with Gasteiger partial charge in [-0.15, -0.1) is 0 Å². The maximum atomic E-state index is 14.6. The molecule has 0 unspecified atom stereocenters. The summed E-state index contributed by atoms with van der Waals surface area (Å²) in [7, 11) is -4.04. The van der Waals surface area contributed by atoms with Gasteiger partial charge in [0.05, 0.1) is 11.3 Å². The van der Waals surface area contributed by atoms with Crippen LogP contribution in [-0.2, 0) is 16.6 Å². The highest BCUT2D eigenvalue weighted by Gasteiger charge is 2.23. The molecule has 172 valence electrons. The van der Waals surface area contributed by atoms with E-state index in [1.165, 1.54) is 48.9 Å². The fraction of sp³-hybridized carbons (Fsp3) is 0.125. The highest BCUT2D eigenvalue weighted by atomic mass is 32.2. The predicted molar refractivity (Wildman–Crippen MR) is 127 cm³/mol. The zero-order valence-electron chi connectivity index (χ0n) is 18.2. The molecule has 0 radical (unpaired) electrons. The van der Waals surface area contributed by atoms with Gasteiger partial charge in [0.1, 0.15) is 28.4 Å². The average molecular weight is 477 g/mol. The van der Waals surface area contributed by atoms with Gasteiger partial charge in [0.15, 0.2) is 0 Å². The molecule has 0 atom stereocenters. The van der Waals surface area contributed by atoms with Gasteiger partial charge in [0, 0.05) is 37.2 Å². The van der Waals surface area contributed by atoms with E-state index in [9.17, 15) is 18.1 Å². The summed E-state index contributed by atoms with van der Waals surface area (Å²) >= 11 is 0. The smallest absolute Gasteiger partial charge is 0.269 e. The Balaban J connectivity index is 1.75. The summed E-state index contributed by atoms with van der Waals surface area (Å²) in [5.41, 5.74) is 1.23. The maximum absolute atomic E-state index is 14.6. The van der Waals surface area contributed by atoms with Gasteiger partial charge in [0.25, 0.3) is 10.0 Å². The number of anilines is 2. The minimum absolute atomic E-state index is 0.0190. The first-order valence-electron chi connectivity index (χ1n) is 10.4. The molecular formula is C24H21FN6O2S. The van der Waals surface area contributed by atoms with Gasteiger partial charge < -0.3 is 10.6 Å². The van der Waals surface area contributed by atoms with E-state index in [4.69, 9.17) is 0 Å². The highest BCUT2D eigenvalue weighted by molar-refractivity contribution is 7.90. The fourth-order valence-corrected chi connectivity index (χ4v) is 4.78. The molecule has 0 spiro atoms. The Morgan fingerprint density at radius 1 is 1.12 bits per heavy atom. The first-order chi connectivity index (χ1) is 16.4. The van der Waals surface area contributed by atoms with Crippen LogP contribution in [0.1, 0.15) is 18.1 Å². The third-order valence-corrected chi connectivity index (χ3v) is 6.67. The molecule has 0 aliphatic heterocycles. The number of nitrogens with one attached hydrogen (secondary N) is 2. The van der Waals surface area contributed by atoms with E-state index in [1.54, 1.807) is 24.3 Å². The second-order valence-corrected chi connectivity index (χ2v) is 9.11. The second kappa shape index (κ2) is 9.72. The fourth-order valence-electron chi connectivity index (χ4n) is 3.42. The van der Waals surface area contributed by atoms with Crippen molar-refractivity contribution in [3.05, 3.63) is 90.1 Å². The molecule has 0 saturated carbocycles. The molecule has 4 rings (SSSR count). The second-order valence-electron chi connectivity index (χ2n) is 7.29. The van der Waals surface area contributed by atoms with Crippen molar-refractivity contribution in [1.82, 2.24) is 13.9 Å². The van der Waals surface area contributed by atoms with E-state index < -0.39 is 15.8 Å². The minimum Gasteiger partial charge on any atom is -0.370 e. The SMILES string of the molecule is CCNc1ccc(C#N)c(NCc2cc(-c3ccccc3F)n(S(=O)(=O)c3cccnc3)c2)n1. The number of nitriles is 1. The Labute approximate surface area is 196 Å². The number of benzene rings is 1. The van der Waals surface area contributed by atoms with Crippen LogP contribution in [0.4, 0.5) is 16.0 Å². The molecule has 0 bridgehead atoms. The van der Waals surface area contributed by atoms with Crippen molar-refractivity contribution < 1.29 is 12.8 Å². The lowest BCUT2D eigenvalue weighted by Crippen LogP contribution is -2.14. The summed E-state index contributed by atoms with van der Waals surface area (Å²) in [5.74, 6) is 0.415. The standard InChI is InChI=1S/C24H21FN6O2S/c1-2-28-23-10-9-18(13-26)24(30-23)29-14-17-12-22(20-7-3-4-8-21(20)25)31(16-17)34(32,33)19-6-5-11-27-15-19/h3-12,15-16H,2,14H2,1H3,(H2,28,29,30). The van der Waals surface area contributed by atoms with Crippen LogP contribution in [0.25, 0.3) is 11.3 Å². The van der Waals surface area contributed by atoms with Crippen molar-refractivity contribution in [1.29, 1.82) is 5.26 Å². The predicted octanol–water partition coefficient (Wildman–Crippen LogP) is 4.24. The van der Waals surface area contributed by atoms with E-state index in [0.717, 1.165) is 3.97 Å². The molecule has 0 aliphatic carbocycles. The lowest BCUT2D eigenvalue weighted by molar-refractivity contribution is 0.587. The summed E-state index contributed by atoms with van der Waals surface area (Å²) in [6, 6.07) is 16.0. The van der Waals surface area contributed by atoms with Crippen LogP contribution in [0.5, 0.6) is 0 Å². The zero-order chi connectivity index (χ0) is 24.1. The molecule has 0 aliphatic rings. The van der Waals surface area contributed by atoms with Gasteiger partial charge in [-0.3, -0.25) is 4.98 Å². The van der Waals surface area contributed by atoms with Crippen molar-refractivity contribution in [2.75, 3.05) is 17.2 Å². The maximum Gasteiger partial charge on any atom is 0.269 e. The third-order valence-electron chi connectivity index (χ3n) is 5.02. The normalized spacial score (nSPS) is 11.1. The van der Waals surface area contributed by atoms with Gasteiger partial charge in [-0.1, -0.05) is 12.1 Å². The average Bonchev–Trinajstić information content (AvgIpc) is 3.29. The van der Waals surface area contributed by atoms with Crippen LogP contribution in [0.3, 0.4) is 0 Å². The molecule has 3 heterocycles. The van der Waals surface area contributed by atoms with Crippen molar-refractivity contribution >= 4 is 21.7 Å². The Bertz CT molecular complexity index is 1460. The molecular weight excluding hydrogens is 455 g/mol. The van der Waals surface area contributed by atoms with E-state index in [0.29, 0.717) is 29.3 Å². The lowest BCUT2D eigenvalue weighted by atomic mass is 10.1. The lowest BCUT2D eigenvalue weighted by Gasteiger charge is -2.11. The Morgan fingerprint density at radius 2 is 1.94 bits per heavy atom. The van der Waals surface area contributed by atoms with Crippen LogP contribution in [-0.4, -0.2) is 28.9 Å². The molecule has 8 nitrogen and oxygen atoms in total. The largest absolute Gasteiger partial charge is 0.370 e. The molecule has 3 aromatic heterocycles. The Morgan fingerprint density at radius 3 is 2.65 bits per heavy atom. The van der Waals surface area contributed by atoms with Crippen LogP contribution >= 0.6 is 0 Å². The molecule has 0 fully saturated rings. The number of hydrogen-bond acceptors (Lipinski definition) is 7. The van der Waals surface area contributed by atoms with Crippen LogP contribution in [0.2, 0.25) is 0 Å². The number of halogens is 1. The third kappa shape index (κ3) is 4.60. The van der Waals surface area contributed by atoms with Crippen molar-refractivity contribution in [2.24, 2.45) is 0 Å².